The Morgan fingerprint density at radius 2 is 1.57 bits per heavy atom. The van der Waals surface area contributed by atoms with Crippen LogP contribution in [0, 0.1) is 0 Å². The zero-order valence-electron chi connectivity index (χ0n) is 8.41. The molecule has 0 aliphatic rings. The van der Waals surface area contributed by atoms with E-state index >= 15 is 0 Å². The van der Waals surface area contributed by atoms with Gasteiger partial charge in [-0.3, -0.25) is 0 Å². The third kappa shape index (κ3) is 2.25. The van der Waals surface area contributed by atoms with Crippen molar-refractivity contribution < 1.29 is 7.77 Å². The molecule has 0 aliphatic carbocycles. The van der Waals surface area contributed by atoms with Crippen LogP contribution in [0.25, 0.3) is 0 Å². The van der Waals surface area contributed by atoms with Crippen molar-refractivity contribution >= 4 is 11.0 Å². The maximum Gasteiger partial charge on any atom is 0.148 e. The summed E-state index contributed by atoms with van der Waals surface area (Å²) in [5, 5.41) is 0. The SMILES string of the molecule is CCN(CC)S(F)(F)c1ccccc1. The Bertz CT molecular complexity index is 273. The summed E-state index contributed by atoms with van der Waals surface area (Å²) < 4.78 is 28.9. The maximum atomic E-state index is 13.8. The molecular weight excluding hydrogens is 204 g/mol. The maximum absolute atomic E-state index is 13.8. The molecule has 0 heterocycles. The Hall–Kier alpha value is -0.610. The third-order valence-corrected chi connectivity index (χ3v) is 4.06. The van der Waals surface area contributed by atoms with Gasteiger partial charge in [-0.25, -0.2) is 4.31 Å². The highest BCUT2D eigenvalue weighted by Gasteiger charge is 2.31. The number of benzene rings is 1. The van der Waals surface area contributed by atoms with Crippen molar-refractivity contribution in [1.29, 1.82) is 0 Å². The molecule has 0 bridgehead atoms. The van der Waals surface area contributed by atoms with Gasteiger partial charge in [-0.1, -0.05) is 32.0 Å². The van der Waals surface area contributed by atoms with Gasteiger partial charge in [0.2, 0.25) is 0 Å². The monoisotopic (exact) mass is 219 g/mol. The van der Waals surface area contributed by atoms with E-state index in [1.807, 2.05) is 0 Å². The molecule has 1 aromatic rings. The van der Waals surface area contributed by atoms with Crippen molar-refractivity contribution in [3.05, 3.63) is 30.3 Å². The van der Waals surface area contributed by atoms with Crippen LogP contribution in [0.1, 0.15) is 13.8 Å². The van der Waals surface area contributed by atoms with Crippen LogP contribution in [0.15, 0.2) is 35.2 Å². The van der Waals surface area contributed by atoms with Crippen molar-refractivity contribution in [1.82, 2.24) is 4.31 Å². The lowest BCUT2D eigenvalue weighted by Gasteiger charge is -2.32. The Kier molecular flexibility index (Phi) is 3.89. The fraction of sp³-hybridized carbons (Fsp3) is 0.400. The van der Waals surface area contributed by atoms with Crippen molar-refractivity contribution in [2.75, 3.05) is 13.1 Å². The first-order valence-electron chi connectivity index (χ1n) is 4.65. The van der Waals surface area contributed by atoms with Gasteiger partial charge in [0.1, 0.15) is 11.0 Å². The van der Waals surface area contributed by atoms with Crippen molar-refractivity contribution in [3.63, 3.8) is 0 Å². The molecule has 4 heteroatoms. The van der Waals surface area contributed by atoms with Gasteiger partial charge in [-0.05, 0) is 12.1 Å². The largest absolute Gasteiger partial charge is 0.216 e. The van der Waals surface area contributed by atoms with E-state index in [1.165, 1.54) is 16.4 Å². The molecule has 0 atom stereocenters. The van der Waals surface area contributed by atoms with E-state index in [4.69, 9.17) is 0 Å². The summed E-state index contributed by atoms with van der Waals surface area (Å²) in [6.07, 6.45) is 0. The van der Waals surface area contributed by atoms with Gasteiger partial charge >= 0.3 is 0 Å². The Labute approximate surface area is 85.8 Å². The predicted molar refractivity (Wildman–Crippen MR) is 57.4 cm³/mol. The van der Waals surface area contributed by atoms with Gasteiger partial charge in [0.05, 0.1) is 4.90 Å². The average molecular weight is 219 g/mol. The van der Waals surface area contributed by atoms with Crippen LogP contribution < -0.4 is 0 Å². The first-order chi connectivity index (χ1) is 6.62. The van der Waals surface area contributed by atoms with Gasteiger partial charge < -0.3 is 0 Å². The zero-order chi connectivity index (χ0) is 10.6. The Morgan fingerprint density at radius 3 is 2.00 bits per heavy atom. The molecule has 1 rings (SSSR count). The van der Waals surface area contributed by atoms with E-state index in [9.17, 15) is 7.77 Å². The fourth-order valence-electron chi connectivity index (χ4n) is 1.28. The van der Waals surface area contributed by atoms with E-state index in [2.05, 4.69) is 0 Å². The van der Waals surface area contributed by atoms with Crippen LogP contribution >= 0.6 is 11.0 Å². The summed E-state index contributed by atoms with van der Waals surface area (Å²) in [6, 6.07) is 8.04. The summed E-state index contributed by atoms with van der Waals surface area (Å²) in [6.45, 7) is 4.28. The molecule has 0 saturated heterocycles. The standard InChI is InChI=1S/C10H15F2NS/c1-3-13(4-2)14(11,12)10-8-6-5-7-9-10/h5-9H,3-4H2,1-2H3. The predicted octanol–water partition coefficient (Wildman–Crippen LogP) is 3.88. The minimum atomic E-state index is -3.77. The lowest BCUT2D eigenvalue weighted by molar-refractivity contribution is 0.453. The molecule has 0 amide bonds. The molecule has 0 unspecified atom stereocenters. The average Bonchev–Trinajstić information content (AvgIpc) is 2.20. The smallest absolute Gasteiger partial charge is 0.148 e. The van der Waals surface area contributed by atoms with Crippen LogP contribution in [-0.4, -0.2) is 17.4 Å². The quantitative estimate of drug-likeness (QED) is 0.743. The molecule has 0 radical (unpaired) electrons. The topological polar surface area (TPSA) is 3.24 Å². The van der Waals surface area contributed by atoms with E-state index in [0.29, 0.717) is 13.1 Å². The second-order valence-electron chi connectivity index (χ2n) is 2.87. The van der Waals surface area contributed by atoms with Crippen LogP contribution in [0.2, 0.25) is 0 Å². The minimum absolute atomic E-state index is 0.142. The normalized spacial score (nSPS) is 13.2. The third-order valence-electron chi connectivity index (χ3n) is 2.06. The number of halogens is 2. The van der Waals surface area contributed by atoms with Crippen LogP contribution in [0.3, 0.4) is 0 Å². The van der Waals surface area contributed by atoms with E-state index in [1.54, 1.807) is 32.0 Å². The highest BCUT2D eigenvalue weighted by Crippen LogP contribution is 2.61. The first-order valence-corrected chi connectivity index (χ1v) is 6.04. The molecule has 80 valence electrons. The molecule has 0 aliphatic heterocycles. The molecule has 14 heavy (non-hydrogen) atoms. The number of hydrogen-bond donors (Lipinski definition) is 0. The summed E-state index contributed by atoms with van der Waals surface area (Å²) in [5.74, 6) is 0. The minimum Gasteiger partial charge on any atom is -0.216 e. The molecule has 0 aromatic heterocycles. The van der Waals surface area contributed by atoms with Crippen LogP contribution in [0.5, 0.6) is 0 Å². The molecule has 1 aromatic carbocycles. The fourth-order valence-corrected chi connectivity index (χ4v) is 2.71. The number of rotatable bonds is 4. The van der Waals surface area contributed by atoms with Crippen LogP contribution in [-0.2, 0) is 0 Å². The first kappa shape index (κ1) is 11.5. The molecular formula is C10H15F2NS. The molecule has 0 spiro atoms. The van der Waals surface area contributed by atoms with Crippen molar-refractivity contribution in [2.45, 2.75) is 18.7 Å². The molecule has 0 saturated carbocycles. The highest BCUT2D eigenvalue weighted by atomic mass is 32.3. The lowest BCUT2D eigenvalue weighted by Crippen LogP contribution is -2.22. The van der Waals surface area contributed by atoms with Crippen molar-refractivity contribution in [2.24, 2.45) is 0 Å². The van der Waals surface area contributed by atoms with E-state index < -0.39 is 11.0 Å². The number of nitrogens with zero attached hydrogens (tertiary/aromatic N) is 1. The van der Waals surface area contributed by atoms with Gasteiger partial charge in [-0.2, -0.15) is 0 Å². The van der Waals surface area contributed by atoms with Gasteiger partial charge in [-0.15, -0.1) is 7.77 Å². The van der Waals surface area contributed by atoms with Gasteiger partial charge in [0, 0.05) is 13.1 Å². The molecule has 1 nitrogen and oxygen atoms in total. The Balaban J connectivity index is 2.94. The summed E-state index contributed by atoms with van der Waals surface area (Å²) in [5.41, 5.74) is 0. The summed E-state index contributed by atoms with van der Waals surface area (Å²) in [4.78, 5) is 0.142. The van der Waals surface area contributed by atoms with E-state index in [-0.39, 0.29) is 4.90 Å². The molecule has 0 N–H and O–H groups in total. The van der Waals surface area contributed by atoms with Gasteiger partial charge in [0.25, 0.3) is 0 Å². The summed E-state index contributed by atoms with van der Waals surface area (Å²) in [7, 11) is -3.77. The zero-order valence-corrected chi connectivity index (χ0v) is 9.23. The van der Waals surface area contributed by atoms with Crippen LogP contribution in [0.4, 0.5) is 7.77 Å². The summed E-state index contributed by atoms with van der Waals surface area (Å²) >= 11 is 0. The van der Waals surface area contributed by atoms with E-state index in [0.717, 1.165) is 0 Å². The lowest BCUT2D eigenvalue weighted by atomic mass is 10.4. The highest BCUT2D eigenvalue weighted by molar-refractivity contribution is 8.23. The second kappa shape index (κ2) is 4.75. The second-order valence-corrected chi connectivity index (χ2v) is 4.74. The number of hydrogen-bond acceptors (Lipinski definition) is 1. The Morgan fingerprint density at radius 1 is 1.07 bits per heavy atom. The van der Waals surface area contributed by atoms with Crippen molar-refractivity contribution in [3.8, 4) is 0 Å². The van der Waals surface area contributed by atoms with Gasteiger partial charge in [0.15, 0.2) is 0 Å². The molecule has 0 fully saturated rings.